The van der Waals surface area contributed by atoms with E-state index in [2.05, 4.69) is 10.3 Å². The molecule has 0 amide bonds. The fourth-order valence-electron chi connectivity index (χ4n) is 1.87. The van der Waals surface area contributed by atoms with E-state index < -0.39 is 5.97 Å². The van der Waals surface area contributed by atoms with Gasteiger partial charge in [0, 0.05) is 19.7 Å². The van der Waals surface area contributed by atoms with Crippen LogP contribution < -0.4 is 4.74 Å². The number of hydrogen-bond donors (Lipinski definition) is 1. The highest BCUT2D eigenvalue weighted by atomic mass is 16.5. The molecule has 0 bridgehead atoms. The average Bonchev–Trinajstić information content (AvgIpc) is 2.57. The van der Waals surface area contributed by atoms with Crippen LogP contribution in [0.2, 0.25) is 0 Å². The van der Waals surface area contributed by atoms with Crippen LogP contribution in [0.3, 0.4) is 0 Å². The molecule has 24 heavy (non-hydrogen) atoms. The number of ether oxygens (including phenoxy) is 1. The lowest BCUT2D eigenvalue weighted by Gasteiger charge is -2.06. The summed E-state index contributed by atoms with van der Waals surface area (Å²) in [4.78, 5) is 10.6. The van der Waals surface area contributed by atoms with Crippen LogP contribution in [0.25, 0.3) is 12.2 Å². The molecule has 2 aromatic carbocycles. The number of rotatable bonds is 7. The Morgan fingerprint density at radius 1 is 1.12 bits per heavy atom. The Balaban J connectivity index is 2.09. The highest BCUT2D eigenvalue weighted by Gasteiger charge is 2.02. The van der Waals surface area contributed by atoms with Gasteiger partial charge in [0.1, 0.15) is 5.75 Å². The van der Waals surface area contributed by atoms with Crippen LogP contribution in [-0.2, 0) is 4.79 Å². The Bertz CT molecular complexity index is 737. The molecule has 0 heterocycles. The predicted octanol–water partition coefficient (Wildman–Crippen LogP) is 3.88. The molecular formula is C18H19N3O3. The van der Waals surface area contributed by atoms with Crippen molar-refractivity contribution in [1.29, 1.82) is 0 Å². The molecule has 0 aromatic heterocycles. The summed E-state index contributed by atoms with van der Waals surface area (Å²) in [5.41, 5.74) is 2.58. The summed E-state index contributed by atoms with van der Waals surface area (Å²) in [6.45, 7) is -0.365. The van der Waals surface area contributed by atoms with Gasteiger partial charge >= 0.3 is 5.97 Å². The number of nitrogens with zero attached hydrogens (tertiary/aromatic N) is 3. The minimum atomic E-state index is -1.00. The van der Waals surface area contributed by atoms with Crippen molar-refractivity contribution >= 4 is 23.8 Å². The Hall–Kier alpha value is -3.15. The second-order valence-electron chi connectivity index (χ2n) is 5.18. The molecule has 1 N–H and O–H groups in total. The monoisotopic (exact) mass is 325 g/mol. The standard InChI is InChI=1S/C18H19N3O3/c1-21(2)20-19-16-11-8-14(9-12-16)7-10-15-5-3-4-6-17(15)24-13-18(22)23/h3-12H,13H2,1-2H3,(H,22,23)/b10-7-,20-19?. The first-order chi connectivity index (χ1) is 11.5. The van der Waals surface area contributed by atoms with Gasteiger partial charge in [-0.25, -0.2) is 4.79 Å². The molecule has 0 unspecified atom stereocenters. The van der Waals surface area contributed by atoms with E-state index in [0.717, 1.165) is 16.8 Å². The molecule has 0 saturated carbocycles. The van der Waals surface area contributed by atoms with Gasteiger partial charge in [0.15, 0.2) is 6.61 Å². The van der Waals surface area contributed by atoms with Gasteiger partial charge in [-0.05, 0) is 23.8 Å². The van der Waals surface area contributed by atoms with E-state index in [1.54, 1.807) is 17.1 Å². The second-order valence-corrected chi connectivity index (χ2v) is 5.18. The molecule has 2 rings (SSSR count). The van der Waals surface area contributed by atoms with E-state index in [1.807, 2.05) is 62.6 Å². The molecule has 0 radical (unpaired) electrons. The summed E-state index contributed by atoms with van der Waals surface area (Å²) in [7, 11) is 3.62. The fraction of sp³-hybridized carbons (Fsp3) is 0.167. The minimum Gasteiger partial charge on any atom is -0.481 e. The van der Waals surface area contributed by atoms with Gasteiger partial charge in [0.05, 0.1) is 5.69 Å². The number of para-hydroxylation sites is 1. The minimum absolute atomic E-state index is 0.365. The Morgan fingerprint density at radius 2 is 1.83 bits per heavy atom. The van der Waals surface area contributed by atoms with E-state index in [-0.39, 0.29) is 6.61 Å². The molecule has 0 spiro atoms. The van der Waals surface area contributed by atoms with Gasteiger partial charge < -0.3 is 9.84 Å². The van der Waals surface area contributed by atoms with Crippen molar-refractivity contribution in [2.45, 2.75) is 0 Å². The van der Waals surface area contributed by atoms with Crippen molar-refractivity contribution in [2.75, 3.05) is 20.7 Å². The summed E-state index contributed by atoms with van der Waals surface area (Å²) >= 11 is 0. The number of aliphatic carboxylic acids is 1. The lowest BCUT2D eigenvalue weighted by Crippen LogP contribution is -2.09. The van der Waals surface area contributed by atoms with Crippen molar-refractivity contribution < 1.29 is 14.6 Å². The molecule has 6 heteroatoms. The van der Waals surface area contributed by atoms with Gasteiger partial charge in [0.2, 0.25) is 0 Å². The first-order valence-electron chi connectivity index (χ1n) is 7.35. The first kappa shape index (κ1) is 17.2. The van der Waals surface area contributed by atoms with Crippen molar-refractivity contribution in [2.24, 2.45) is 10.3 Å². The third-order valence-electron chi connectivity index (χ3n) is 2.96. The second kappa shape index (κ2) is 8.47. The third-order valence-corrected chi connectivity index (χ3v) is 2.96. The number of carboxylic acid groups (broad SMARTS) is 1. The number of carbonyl (C=O) groups is 1. The SMILES string of the molecule is CN(C)N=Nc1ccc(/C=C\c2ccccc2OCC(=O)O)cc1. The van der Waals surface area contributed by atoms with Crippen LogP contribution in [-0.4, -0.2) is 36.8 Å². The van der Waals surface area contributed by atoms with E-state index in [1.165, 1.54) is 0 Å². The molecule has 0 aliphatic carbocycles. The average molecular weight is 325 g/mol. The molecule has 0 fully saturated rings. The van der Waals surface area contributed by atoms with Crippen LogP contribution in [0.4, 0.5) is 5.69 Å². The Kier molecular flexibility index (Phi) is 6.08. The molecule has 0 aliphatic rings. The van der Waals surface area contributed by atoms with Crippen molar-refractivity contribution in [3.8, 4) is 5.75 Å². The van der Waals surface area contributed by atoms with Crippen molar-refractivity contribution in [1.82, 2.24) is 5.01 Å². The van der Waals surface area contributed by atoms with E-state index >= 15 is 0 Å². The van der Waals surface area contributed by atoms with Gasteiger partial charge in [-0.15, -0.1) is 5.11 Å². The summed E-state index contributed by atoms with van der Waals surface area (Å²) < 4.78 is 5.28. The fourth-order valence-corrected chi connectivity index (χ4v) is 1.87. The van der Waals surface area contributed by atoms with Crippen LogP contribution in [0.15, 0.2) is 58.9 Å². The smallest absolute Gasteiger partial charge is 0.341 e. The van der Waals surface area contributed by atoms with E-state index in [0.29, 0.717) is 5.75 Å². The lowest BCUT2D eigenvalue weighted by molar-refractivity contribution is -0.139. The molecule has 0 saturated heterocycles. The summed E-state index contributed by atoms with van der Waals surface area (Å²) in [6, 6.07) is 14.9. The highest BCUT2D eigenvalue weighted by Crippen LogP contribution is 2.21. The largest absolute Gasteiger partial charge is 0.481 e. The van der Waals surface area contributed by atoms with Crippen LogP contribution in [0, 0.1) is 0 Å². The maximum Gasteiger partial charge on any atom is 0.341 e. The van der Waals surface area contributed by atoms with Crippen LogP contribution in [0.5, 0.6) is 5.75 Å². The zero-order valence-corrected chi connectivity index (χ0v) is 13.6. The van der Waals surface area contributed by atoms with Crippen molar-refractivity contribution in [3.63, 3.8) is 0 Å². The van der Waals surface area contributed by atoms with Gasteiger partial charge in [-0.2, -0.15) is 0 Å². The van der Waals surface area contributed by atoms with Crippen molar-refractivity contribution in [3.05, 3.63) is 59.7 Å². The highest BCUT2D eigenvalue weighted by molar-refractivity contribution is 5.73. The summed E-state index contributed by atoms with van der Waals surface area (Å²) in [5, 5.41) is 18.4. The first-order valence-corrected chi connectivity index (χ1v) is 7.35. The molecule has 6 nitrogen and oxygen atoms in total. The van der Waals surface area contributed by atoms with Gasteiger partial charge in [-0.1, -0.05) is 47.7 Å². The quantitative estimate of drug-likeness (QED) is 0.476. The van der Waals surface area contributed by atoms with Crippen LogP contribution >= 0.6 is 0 Å². The van der Waals surface area contributed by atoms with Crippen LogP contribution in [0.1, 0.15) is 11.1 Å². The zero-order valence-electron chi connectivity index (χ0n) is 13.6. The topological polar surface area (TPSA) is 74.5 Å². The predicted molar refractivity (Wildman–Crippen MR) is 93.1 cm³/mol. The Labute approximate surface area is 140 Å². The normalized spacial score (nSPS) is 11.1. The summed E-state index contributed by atoms with van der Waals surface area (Å²) in [6.07, 6.45) is 3.81. The van der Waals surface area contributed by atoms with Gasteiger partial charge in [-0.3, -0.25) is 5.01 Å². The molecule has 0 aliphatic heterocycles. The number of hydrogen-bond acceptors (Lipinski definition) is 4. The maximum absolute atomic E-state index is 10.6. The maximum atomic E-state index is 10.6. The third kappa shape index (κ3) is 5.57. The molecule has 124 valence electrons. The molecule has 0 atom stereocenters. The lowest BCUT2D eigenvalue weighted by atomic mass is 10.1. The van der Waals surface area contributed by atoms with E-state index in [9.17, 15) is 4.79 Å². The van der Waals surface area contributed by atoms with E-state index in [4.69, 9.17) is 9.84 Å². The Morgan fingerprint density at radius 3 is 2.50 bits per heavy atom. The number of carboxylic acids is 1. The zero-order chi connectivity index (χ0) is 17.4. The molecule has 2 aromatic rings. The van der Waals surface area contributed by atoms with Gasteiger partial charge in [0.25, 0.3) is 0 Å². The number of benzene rings is 2. The summed E-state index contributed by atoms with van der Waals surface area (Å²) in [5.74, 6) is -0.469. The molecular weight excluding hydrogens is 306 g/mol.